The highest BCUT2D eigenvalue weighted by molar-refractivity contribution is 5.69. The normalized spacial score (nSPS) is 13.1. The molecule has 1 N–H and O–H groups in total. The van der Waals surface area contributed by atoms with Gasteiger partial charge in [0.1, 0.15) is 6.10 Å². The molecule has 0 radical (unpaired) electrons. The standard InChI is InChI=1S/C47H82O4/c1-3-5-7-9-11-13-15-17-19-21-23-24-25-26-28-30-32-34-36-38-40-42-47(49)51-46(44-48)45-50-43-41-39-37-35-33-31-29-27-22-20-18-16-14-12-10-8-6-4-2/h6,8,12,14,18,20-21,23,27,29,33,35,46,48H,3-5,7,9-11,13,15-17,19,22,24-26,28,30-32,34,36-45H2,1-2H3/b8-6-,14-12-,20-18-,23-21-,29-27-,35-33-. The zero-order valence-corrected chi connectivity index (χ0v) is 33.6. The molecular weight excluding hydrogens is 629 g/mol. The molecule has 1 unspecified atom stereocenters. The quantitative estimate of drug-likeness (QED) is 0.0392. The van der Waals surface area contributed by atoms with Crippen LogP contribution in [0.5, 0.6) is 0 Å². The highest BCUT2D eigenvalue weighted by Crippen LogP contribution is 2.13. The predicted octanol–water partition coefficient (Wildman–Crippen LogP) is 14.2. The monoisotopic (exact) mass is 711 g/mol. The maximum Gasteiger partial charge on any atom is 0.306 e. The van der Waals surface area contributed by atoms with E-state index in [1.54, 1.807) is 0 Å². The summed E-state index contributed by atoms with van der Waals surface area (Å²) < 4.78 is 11.1. The molecule has 0 fully saturated rings. The van der Waals surface area contributed by atoms with Gasteiger partial charge in [-0.15, -0.1) is 0 Å². The van der Waals surface area contributed by atoms with E-state index in [0.717, 1.165) is 64.2 Å². The lowest BCUT2D eigenvalue weighted by molar-refractivity contribution is -0.154. The van der Waals surface area contributed by atoms with Crippen LogP contribution in [0.25, 0.3) is 0 Å². The topological polar surface area (TPSA) is 55.8 Å². The van der Waals surface area contributed by atoms with Gasteiger partial charge >= 0.3 is 5.97 Å². The third kappa shape index (κ3) is 42.1. The van der Waals surface area contributed by atoms with Crippen LogP contribution >= 0.6 is 0 Å². The molecule has 0 aromatic carbocycles. The van der Waals surface area contributed by atoms with Crippen molar-refractivity contribution >= 4 is 5.97 Å². The van der Waals surface area contributed by atoms with Crippen LogP contribution in [-0.2, 0) is 14.3 Å². The molecule has 51 heavy (non-hydrogen) atoms. The second-order valence-corrected chi connectivity index (χ2v) is 14.0. The van der Waals surface area contributed by atoms with Gasteiger partial charge in [0.15, 0.2) is 0 Å². The molecule has 294 valence electrons. The lowest BCUT2D eigenvalue weighted by atomic mass is 10.1. The van der Waals surface area contributed by atoms with Crippen LogP contribution in [0, 0.1) is 0 Å². The van der Waals surface area contributed by atoms with E-state index < -0.39 is 6.10 Å². The number of carbonyl (C=O) groups is 1. The van der Waals surface area contributed by atoms with Crippen molar-refractivity contribution in [3.05, 3.63) is 72.9 Å². The molecule has 0 aromatic rings. The first-order valence-electron chi connectivity index (χ1n) is 21.5. The molecule has 4 nitrogen and oxygen atoms in total. The van der Waals surface area contributed by atoms with Crippen LogP contribution in [0.4, 0.5) is 0 Å². The number of unbranched alkanes of at least 4 members (excludes halogenated alkanes) is 19. The van der Waals surface area contributed by atoms with E-state index in [9.17, 15) is 9.90 Å². The van der Waals surface area contributed by atoms with Crippen LogP contribution in [0.2, 0.25) is 0 Å². The lowest BCUT2D eigenvalue weighted by Gasteiger charge is -2.15. The van der Waals surface area contributed by atoms with E-state index in [1.807, 2.05) is 0 Å². The maximum absolute atomic E-state index is 12.2. The molecule has 0 bridgehead atoms. The third-order valence-electron chi connectivity index (χ3n) is 9.02. The van der Waals surface area contributed by atoms with Gasteiger partial charge in [0.25, 0.3) is 0 Å². The molecule has 0 spiro atoms. The largest absolute Gasteiger partial charge is 0.457 e. The van der Waals surface area contributed by atoms with Crippen LogP contribution < -0.4 is 0 Å². The Labute approximate surface area is 317 Å². The molecule has 0 amide bonds. The molecule has 0 aliphatic carbocycles. The van der Waals surface area contributed by atoms with Gasteiger partial charge in [0.2, 0.25) is 0 Å². The first-order chi connectivity index (χ1) is 25.2. The Balaban J connectivity index is 3.52. The minimum Gasteiger partial charge on any atom is -0.457 e. The van der Waals surface area contributed by atoms with E-state index in [0.29, 0.717) is 13.0 Å². The summed E-state index contributed by atoms with van der Waals surface area (Å²) in [7, 11) is 0. The maximum atomic E-state index is 12.2. The molecule has 1 atom stereocenters. The highest BCUT2D eigenvalue weighted by Gasteiger charge is 2.13. The molecule has 0 saturated heterocycles. The minimum atomic E-state index is -0.561. The number of aliphatic hydroxyl groups is 1. The van der Waals surface area contributed by atoms with E-state index in [2.05, 4.69) is 86.8 Å². The summed E-state index contributed by atoms with van der Waals surface area (Å²) in [4.78, 5) is 12.2. The molecular formula is C47H82O4. The van der Waals surface area contributed by atoms with Gasteiger partial charge in [-0.3, -0.25) is 4.79 Å². The van der Waals surface area contributed by atoms with Crippen molar-refractivity contribution in [2.75, 3.05) is 19.8 Å². The number of rotatable bonds is 39. The SMILES string of the molecule is CC/C=C\C/C=C\C/C=C\C/C=C\C/C=C\CCCCOCC(CO)OC(=O)CCCCCCCCCCC/C=C\CCCCCCCCCC. The summed E-state index contributed by atoms with van der Waals surface area (Å²) in [6, 6.07) is 0. The van der Waals surface area contributed by atoms with E-state index in [4.69, 9.17) is 9.47 Å². The Morgan fingerprint density at radius 1 is 0.490 bits per heavy atom. The van der Waals surface area contributed by atoms with Crippen LogP contribution in [0.1, 0.15) is 194 Å². The van der Waals surface area contributed by atoms with E-state index >= 15 is 0 Å². The van der Waals surface area contributed by atoms with Crippen molar-refractivity contribution < 1.29 is 19.4 Å². The van der Waals surface area contributed by atoms with Crippen molar-refractivity contribution in [1.29, 1.82) is 0 Å². The summed E-state index contributed by atoms with van der Waals surface area (Å²) >= 11 is 0. The first-order valence-corrected chi connectivity index (χ1v) is 21.5. The van der Waals surface area contributed by atoms with Gasteiger partial charge in [0.05, 0.1) is 13.2 Å². The van der Waals surface area contributed by atoms with Gasteiger partial charge in [-0.1, -0.05) is 177 Å². The molecule has 4 heteroatoms. The van der Waals surface area contributed by atoms with Crippen molar-refractivity contribution in [3.8, 4) is 0 Å². The van der Waals surface area contributed by atoms with Gasteiger partial charge in [-0.05, 0) is 83.5 Å². The molecule has 0 aromatic heterocycles. The van der Waals surface area contributed by atoms with E-state index in [1.165, 1.54) is 109 Å². The fourth-order valence-corrected chi connectivity index (χ4v) is 5.82. The number of ether oxygens (including phenoxy) is 2. The average molecular weight is 711 g/mol. The fraction of sp³-hybridized carbons (Fsp3) is 0.723. The van der Waals surface area contributed by atoms with Gasteiger partial charge in [-0.25, -0.2) is 0 Å². The third-order valence-corrected chi connectivity index (χ3v) is 9.02. The highest BCUT2D eigenvalue weighted by atomic mass is 16.6. The van der Waals surface area contributed by atoms with E-state index in [-0.39, 0.29) is 19.2 Å². The summed E-state index contributed by atoms with van der Waals surface area (Å²) in [6.45, 7) is 5.13. The summed E-state index contributed by atoms with van der Waals surface area (Å²) in [5.41, 5.74) is 0. The predicted molar refractivity (Wildman–Crippen MR) is 223 cm³/mol. The number of esters is 1. The fourth-order valence-electron chi connectivity index (χ4n) is 5.82. The Kier molecular flexibility index (Phi) is 42.1. The summed E-state index contributed by atoms with van der Waals surface area (Å²) in [5.74, 6) is -0.220. The number of hydrogen-bond acceptors (Lipinski definition) is 4. The molecule has 0 aliphatic heterocycles. The van der Waals surface area contributed by atoms with Crippen LogP contribution in [0.3, 0.4) is 0 Å². The van der Waals surface area contributed by atoms with Gasteiger partial charge in [-0.2, -0.15) is 0 Å². The Hall–Kier alpha value is -2.17. The molecule has 0 rings (SSSR count). The molecule has 0 heterocycles. The molecule has 0 aliphatic rings. The number of allylic oxidation sites excluding steroid dienone is 12. The summed E-state index contributed by atoms with van der Waals surface area (Å²) in [6.07, 6.45) is 59.7. The lowest BCUT2D eigenvalue weighted by Crippen LogP contribution is -2.27. The zero-order valence-electron chi connectivity index (χ0n) is 33.6. The second kappa shape index (κ2) is 44.0. The molecule has 0 saturated carbocycles. The van der Waals surface area contributed by atoms with Crippen LogP contribution in [-0.4, -0.2) is 37.0 Å². The van der Waals surface area contributed by atoms with Gasteiger partial charge in [0, 0.05) is 13.0 Å². The van der Waals surface area contributed by atoms with Crippen molar-refractivity contribution in [2.24, 2.45) is 0 Å². The minimum absolute atomic E-state index is 0.193. The van der Waals surface area contributed by atoms with Crippen molar-refractivity contribution in [2.45, 2.75) is 200 Å². The number of aliphatic hydroxyl groups excluding tert-OH is 1. The number of hydrogen-bond donors (Lipinski definition) is 1. The Morgan fingerprint density at radius 3 is 1.35 bits per heavy atom. The zero-order chi connectivity index (χ0) is 37.0. The Morgan fingerprint density at radius 2 is 0.882 bits per heavy atom. The van der Waals surface area contributed by atoms with Crippen molar-refractivity contribution in [3.63, 3.8) is 0 Å². The second-order valence-electron chi connectivity index (χ2n) is 14.0. The van der Waals surface area contributed by atoms with Crippen molar-refractivity contribution in [1.82, 2.24) is 0 Å². The Bertz CT molecular complexity index is 881. The van der Waals surface area contributed by atoms with Gasteiger partial charge < -0.3 is 14.6 Å². The average Bonchev–Trinajstić information content (AvgIpc) is 3.14. The first kappa shape index (κ1) is 48.8. The van der Waals surface area contributed by atoms with Crippen LogP contribution in [0.15, 0.2) is 72.9 Å². The smallest absolute Gasteiger partial charge is 0.306 e. The number of carbonyl (C=O) groups excluding carboxylic acids is 1. The summed E-state index contributed by atoms with van der Waals surface area (Å²) in [5, 5.41) is 9.60.